The van der Waals surface area contributed by atoms with E-state index in [1.165, 1.54) is 13.2 Å². The third-order valence-electron chi connectivity index (χ3n) is 10.4. The lowest BCUT2D eigenvalue weighted by atomic mass is 9.93. The first-order valence-electron chi connectivity index (χ1n) is 16.9. The first kappa shape index (κ1) is 34.2. The van der Waals surface area contributed by atoms with Gasteiger partial charge in [-0.15, -0.1) is 0 Å². The molecule has 5 aromatic rings. The SMILES string of the molecule is COc1nc(-c2cccc(-c3cccc(Nc4nc(C(F)F)cc5cnn(C)c(=O)c45)c3Cl)c2Cl)cc2c1C(N1CCC3(CCNC(=O)N3)C1)CC2. The molecule has 2 amide bonds. The molecule has 0 bridgehead atoms. The van der Waals surface area contributed by atoms with E-state index in [1.54, 1.807) is 25.3 Å². The number of aromatic nitrogens is 4. The number of alkyl halides is 2. The number of carbonyl (C=O) groups is 1. The Morgan fingerprint density at radius 3 is 2.58 bits per heavy atom. The zero-order valence-corrected chi connectivity index (χ0v) is 29.8. The molecule has 2 saturated heterocycles. The van der Waals surface area contributed by atoms with Crippen molar-refractivity contribution in [2.45, 2.75) is 43.7 Å². The predicted octanol–water partition coefficient (Wildman–Crippen LogP) is 7.19. The highest BCUT2D eigenvalue weighted by Crippen LogP contribution is 2.47. The predicted molar refractivity (Wildman–Crippen MR) is 196 cm³/mol. The molecule has 52 heavy (non-hydrogen) atoms. The molecule has 15 heteroatoms. The number of nitrogens with one attached hydrogen (secondary N) is 3. The number of aryl methyl sites for hydroxylation is 2. The zero-order chi connectivity index (χ0) is 36.3. The van der Waals surface area contributed by atoms with Gasteiger partial charge < -0.3 is 20.7 Å². The number of anilines is 2. The van der Waals surface area contributed by atoms with Gasteiger partial charge in [-0.05, 0) is 49.4 Å². The Kier molecular flexibility index (Phi) is 8.75. The molecule has 2 aromatic carbocycles. The average Bonchev–Trinajstić information content (AvgIpc) is 3.74. The number of benzene rings is 2. The number of pyridine rings is 2. The summed E-state index contributed by atoms with van der Waals surface area (Å²) in [7, 11) is 3.09. The maximum absolute atomic E-state index is 13.8. The van der Waals surface area contributed by atoms with Crippen LogP contribution in [0.25, 0.3) is 33.2 Å². The minimum absolute atomic E-state index is 0.0629. The monoisotopic (exact) mass is 746 g/mol. The number of hydrogen-bond donors (Lipinski definition) is 3. The third kappa shape index (κ3) is 5.90. The van der Waals surface area contributed by atoms with Crippen molar-refractivity contribution in [3.05, 3.63) is 91.9 Å². The molecule has 3 aromatic heterocycles. The number of carbonyl (C=O) groups excluding carboxylic acids is 1. The van der Waals surface area contributed by atoms with Crippen molar-refractivity contribution in [3.63, 3.8) is 0 Å². The van der Waals surface area contributed by atoms with E-state index in [4.69, 9.17) is 32.9 Å². The van der Waals surface area contributed by atoms with Crippen LogP contribution in [0.3, 0.4) is 0 Å². The topological polar surface area (TPSA) is 126 Å². The first-order valence-corrected chi connectivity index (χ1v) is 17.7. The molecular formula is C37H34Cl2F2N8O3. The molecule has 2 aliphatic heterocycles. The van der Waals surface area contributed by atoms with E-state index in [9.17, 15) is 18.4 Å². The van der Waals surface area contributed by atoms with Crippen molar-refractivity contribution in [1.29, 1.82) is 0 Å². The Labute approximate surface area is 307 Å². The van der Waals surface area contributed by atoms with Crippen molar-refractivity contribution in [1.82, 2.24) is 35.3 Å². The number of likely N-dealkylation sites (tertiary alicyclic amines) is 1. The summed E-state index contributed by atoms with van der Waals surface area (Å²) in [6, 6.07) is 14.1. The molecule has 1 spiro atoms. The molecule has 8 rings (SSSR count). The molecule has 268 valence electrons. The Hall–Kier alpha value is -4.85. The van der Waals surface area contributed by atoms with Crippen LogP contribution in [0.1, 0.15) is 48.6 Å². The fourth-order valence-electron chi connectivity index (χ4n) is 7.86. The fourth-order valence-corrected chi connectivity index (χ4v) is 8.46. The number of nitrogens with zero attached hydrogens (tertiary/aromatic N) is 5. The van der Waals surface area contributed by atoms with E-state index in [1.807, 2.05) is 18.2 Å². The zero-order valence-electron chi connectivity index (χ0n) is 28.3. The Balaban J connectivity index is 1.13. The number of methoxy groups -OCH3 is 1. The van der Waals surface area contributed by atoms with E-state index >= 15 is 0 Å². The van der Waals surface area contributed by atoms with E-state index in [0.29, 0.717) is 45.5 Å². The fraction of sp³-hybridized carbons (Fsp3) is 0.324. The molecule has 3 N–H and O–H groups in total. The van der Waals surface area contributed by atoms with E-state index in [-0.39, 0.29) is 39.2 Å². The van der Waals surface area contributed by atoms with Gasteiger partial charge in [0.2, 0.25) is 5.88 Å². The average molecular weight is 748 g/mol. The van der Waals surface area contributed by atoms with Crippen LogP contribution in [-0.4, -0.2) is 63.0 Å². The summed E-state index contributed by atoms with van der Waals surface area (Å²) in [5.74, 6) is 0.482. The third-order valence-corrected chi connectivity index (χ3v) is 11.2. The van der Waals surface area contributed by atoms with Crippen LogP contribution in [0.2, 0.25) is 10.0 Å². The molecule has 0 saturated carbocycles. The summed E-state index contributed by atoms with van der Waals surface area (Å²) in [4.78, 5) is 36.7. The number of rotatable bonds is 7. The number of halogens is 4. The highest BCUT2D eigenvalue weighted by atomic mass is 35.5. The number of amides is 2. The Bertz CT molecular complexity index is 2320. The standard InChI is InChI=1S/C37H34Cl2F2N8O3/c1-48-35(50)29-20(17-43-48)16-26(32(40)41)45-33(29)44-24-8-4-6-22(31(24)39)21-5-3-7-23(30(21)38)25-15-19-9-10-27(28(19)34(46-25)52-2)49-14-12-37(18-49)11-13-42-36(51)47-37/h3-8,15-17,27,32H,9-14,18H2,1-2H3,(H,44,45)(H2,42,47,51). The Morgan fingerprint density at radius 2 is 1.81 bits per heavy atom. The molecule has 11 nitrogen and oxygen atoms in total. The molecule has 0 radical (unpaired) electrons. The van der Waals surface area contributed by atoms with E-state index < -0.39 is 17.7 Å². The summed E-state index contributed by atoms with van der Waals surface area (Å²) in [5.41, 5.74) is 3.86. The smallest absolute Gasteiger partial charge is 0.315 e. The normalized spacial score (nSPS) is 20.0. The summed E-state index contributed by atoms with van der Waals surface area (Å²) < 4.78 is 34.6. The largest absolute Gasteiger partial charge is 0.481 e. The van der Waals surface area contributed by atoms with Crippen LogP contribution >= 0.6 is 23.2 Å². The quantitative estimate of drug-likeness (QED) is 0.160. The van der Waals surface area contributed by atoms with Gasteiger partial charge >= 0.3 is 6.03 Å². The number of hydrogen-bond acceptors (Lipinski definition) is 8. The lowest BCUT2D eigenvalue weighted by Crippen LogP contribution is -2.59. The van der Waals surface area contributed by atoms with Crippen molar-refractivity contribution < 1.29 is 18.3 Å². The van der Waals surface area contributed by atoms with Gasteiger partial charge in [0.15, 0.2) is 0 Å². The van der Waals surface area contributed by atoms with Crippen LogP contribution < -0.4 is 26.2 Å². The number of urea groups is 1. The summed E-state index contributed by atoms with van der Waals surface area (Å²) in [6.07, 6.45) is 2.01. The summed E-state index contributed by atoms with van der Waals surface area (Å²) >= 11 is 14.1. The lowest BCUT2D eigenvalue weighted by Gasteiger charge is -2.36. The van der Waals surface area contributed by atoms with Gasteiger partial charge in [0, 0.05) is 60.4 Å². The van der Waals surface area contributed by atoms with Gasteiger partial charge in [0.25, 0.3) is 12.0 Å². The van der Waals surface area contributed by atoms with Crippen molar-refractivity contribution >= 4 is 51.5 Å². The molecule has 1 aliphatic carbocycles. The van der Waals surface area contributed by atoms with Crippen LogP contribution in [0.15, 0.2) is 59.5 Å². The van der Waals surface area contributed by atoms with E-state index in [2.05, 4.69) is 37.0 Å². The second-order valence-electron chi connectivity index (χ2n) is 13.5. The van der Waals surface area contributed by atoms with Crippen molar-refractivity contribution in [2.75, 3.05) is 32.1 Å². The second-order valence-corrected chi connectivity index (χ2v) is 14.2. The minimum Gasteiger partial charge on any atom is -0.481 e. The van der Waals surface area contributed by atoms with Crippen LogP contribution in [0.4, 0.5) is 25.1 Å². The van der Waals surface area contributed by atoms with Gasteiger partial charge in [0.05, 0.1) is 45.7 Å². The lowest BCUT2D eigenvalue weighted by molar-refractivity contribution is 0.146. The van der Waals surface area contributed by atoms with Gasteiger partial charge in [-0.1, -0.05) is 53.5 Å². The van der Waals surface area contributed by atoms with Crippen LogP contribution in [-0.2, 0) is 13.5 Å². The van der Waals surface area contributed by atoms with E-state index in [0.717, 1.165) is 60.6 Å². The molecule has 2 atom stereocenters. The van der Waals surface area contributed by atoms with Crippen molar-refractivity contribution in [3.8, 4) is 28.3 Å². The summed E-state index contributed by atoms with van der Waals surface area (Å²) in [5, 5.41) is 14.0. The molecule has 3 aliphatic rings. The first-order chi connectivity index (χ1) is 25.1. The van der Waals surface area contributed by atoms with Gasteiger partial charge in [-0.3, -0.25) is 9.69 Å². The van der Waals surface area contributed by atoms with Gasteiger partial charge in [0.1, 0.15) is 11.5 Å². The molecule has 5 heterocycles. The van der Waals surface area contributed by atoms with Gasteiger partial charge in [-0.25, -0.2) is 28.2 Å². The molecule has 2 fully saturated rings. The van der Waals surface area contributed by atoms with Crippen LogP contribution in [0.5, 0.6) is 5.88 Å². The maximum Gasteiger partial charge on any atom is 0.315 e. The van der Waals surface area contributed by atoms with Crippen LogP contribution in [0, 0.1) is 0 Å². The number of fused-ring (bicyclic) bond motifs is 2. The number of ether oxygens (including phenoxy) is 1. The second kappa shape index (κ2) is 13.3. The minimum atomic E-state index is -2.87. The van der Waals surface area contributed by atoms with Crippen molar-refractivity contribution in [2.24, 2.45) is 7.05 Å². The highest BCUT2D eigenvalue weighted by molar-refractivity contribution is 6.39. The Morgan fingerprint density at radius 1 is 1.04 bits per heavy atom. The molecule has 2 unspecified atom stereocenters. The summed E-state index contributed by atoms with van der Waals surface area (Å²) in [6.45, 7) is 2.31. The van der Waals surface area contributed by atoms with Gasteiger partial charge in [-0.2, -0.15) is 5.10 Å². The maximum atomic E-state index is 13.8. The molecular weight excluding hydrogens is 713 g/mol. The highest BCUT2D eigenvalue weighted by Gasteiger charge is 2.45.